The Balaban J connectivity index is 2.03. The molecule has 1 heterocycles. The summed E-state index contributed by atoms with van der Waals surface area (Å²) in [4.78, 5) is 12.0. The highest BCUT2D eigenvalue weighted by Crippen LogP contribution is 2.57. The maximum Gasteiger partial charge on any atom is 0.397 e. The van der Waals surface area contributed by atoms with Gasteiger partial charge in [0.15, 0.2) is 0 Å². The third kappa shape index (κ3) is 2.32. The van der Waals surface area contributed by atoms with Crippen LogP contribution in [0.25, 0.3) is 0 Å². The van der Waals surface area contributed by atoms with Crippen molar-refractivity contribution >= 4 is 13.1 Å². The zero-order chi connectivity index (χ0) is 10.9. The Kier molecular flexibility index (Phi) is 3.29. The smallest absolute Gasteiger partial charge is 0.300 e. The molecule has 2 rings (SSSR count). The number of carbonyl (C=O) groups is 1. The monoisotopic (exact) mass is 232 g/mol. The van der Waals surface area contributed by atoms with E-state index in [0.717, 1.165) is 25.7 Å². The highest BCUT2D eigenvalue weighted by molar-refractivity contribution is 7.72. The minimum atomic E-state index is -3.42. The molecule has 1 aliphatic heterocycles. The van der Waals surface area contributed by atoms with E-state index in [9.17, 15) is 9.36 Å². The molecule has 0 amide bonds. The number of rotatable bonds is 2. The Morgan fingerprint density at radius 1 is 1.27 bits per heavy atom. The fraction of sp³-hybridized carbons (Fsp3) is 0.900. The van der Waals surface area contributed by atoms with E-state index in [4.69, 9.17) is 9.05 Å². The average Bonchev–Trinajstić information content (AvgIpc) is 2.60. The zero-order valence-corrected chi connectivity index (χ0v) is 9.87. The van der Waals surface area contributed by atoms with Gasteiger partial charge in [0.1, 0.15) is 0 Å². The maximum absolute atomic E-state index is 12.0. The lowest BCUT2D eigenvalue weighted by molar-refractivity contribution is -0.117. The second-order valence-corrected chi connectivity index (χ2v) is 6.29. The highest BCUT2D eigenvalue weighted by atomic mass is 31.2. The van der Waals surface area contributed by atoms with Crippen molar-refractivity contribution in [2.24, 2.45) is 5.92 Å². The van der Waals surface area contributed by atoms with Gasteiger partial charge in [0.2, 0.25) is 5.52 Å². The Labute approximate surface area is 89.9 Å². The van der Waals surface area contributed by atoms with Crippen LogP contribution >= 0.6 is 7.60 Å². The lowest BCUT2D eigenvalue weighted by Crippen LogP contribution is -2.18. The topological polar surface area (TPSA) is 52.6 Å². The van der Waals surface area contributed by atoms with Crippen molar-refractivity contribution in [1.29, 1.82) is 0 Å². The molecule has 4 nitrogen and oxygen atoms in total. The van der Waals surface area contributed by atoms with Crippen LogP contribution < -0.4 is 0 Å². The molecule has 2 atom stereocenters. The standard InChI is InChI=1S/C10H17O4P/c1-8-7-13-15(12,14-8)10(11)9-5-3-2-4-6-9/h8-9H,2-7H2,1H3. The van der Waals surface area contributed by atoms with E-state index in [1.807, 2.05) is 0 Å². The van der Waals surface area contributed by atoms with Gasteiger partial charge in [-0.3, -0.25) is 13.9 Å². The summed E-state index contributed by atoms with van der Waals surface area (Å²) in [5, 5.41) is 0. The number of hydrogen-bond donors (Lipinski definition) is 0. The first-order chi connectivity index (χ1) is 7.12. The molecule has 86 valence electrons. The summed E-state index contributed by atoms with van der Waals surface area (Å²) in [7, 11) is -3.42. The lowest BCUT2D eigenvalue weighted by Gasteiger charge is -2.21. The molecular formula is C10H17O4P. The van der Waals surface area contributed by atoms with Crippen molar-refractivity contribution in [2.45, 2.75) is 45.1 Å². The van der Waals surface area contributed by atoms with Crippen LogP contribution in [0.15, 0.2) is 0 Å². The molecule has 1 aliphatic carbocycles. The first-order valence-electron chi connectivity index (χ1n) is 5.59. The highest BCUT2D eigenvalue weighted by Gasteiger charge is 2.45. The molecule has 2 unspecified atom stereocenters. The van der Waals surface area contributed by atoms with Gasteiger partial charge in [-0.1, -0.05) is 19.3 Å². The Morgan fingerprint density at radius 2 is 1.93 bits per heavy atom. The van der Waals surface area contributed by atoms with Crippen LogP contribution in [-0.4, -0.2) is 18.2 Å². The van der Waals surface area contributed by atoms with E-state index < -0.39 is 7.60 Å². The Hall–Kier alpha value is -0.180. The summed E-state index contributed by atoms with van der Waals surface area (Å²) in [5.74, 6) is -0.102. The first kappa shape index (κ1) is 11.3. The van der Waals surface area contributed by atoms with E-state index >= 15 is 0 Å². The molecule has 0 bridgehead atoms. The second kappa shape index (κ2) is 4.36. The van der Waals surface area contributed by atoms with Crippen molar-refractivity contribution < 1.29 is 18.4 Å². The van der Waals surface area contributed by atoms with Gasteiger partial charge < -0.3 is 4.52 Å². The summed E-state index contributed by atoms with van der Waals surface area (Å²) in [6, 6.07) is 0. The van der Waals surface area contributed by atoms with Gasteiger partial charge in [-0.15, -0.1) is 0 Å². The minimum Gasteiger partial charge on any atom is -0.300 e. The van der Waals surface area contributed by atoms with Gasteiger partial charge in [0.05, 0.1) is 12.7 Å². The van der Waals surface area contributed by atoms with Crippen molar-refractivity contribution in [1.82, 2.24) is 0 Å². The van der Waals surface area contributed by atoms with Crippen molar-refractivity contribution in [3.05, 3.63) is 0 Å². The molecule has 0 radical (unpaired) electrons. The van der Waals surface area contributed by atoms with Crippen LogP contribution in [0.5, 0.6) is 0 Å². The molecule has 0 aromatic carbocycles. The second-order valence-electron chi connectivity index (χ2n) is 4.38. The Morgan fingerprint density at radius 3 is 2.47 bits per heavy atom. The molecular weight excluding hydrogens is 215 g/mol. The Bertz CT molecular complexity index is 296. The van der Waals surface area contributed by atoms with Gasteiger partial charge in [-0.2, -0.15) is 0 Å². The van der Waals surface area contributed by atoms with Crippen LogP contribution in [-0.2, 0) is 18.4 Å². The molecule has 1 saturated carbocycles. The fourth-order valence-corrected chi connectivity index (χ4v) is 4.13. The molecule has 0 N–H and O–H groups in total. The molecule has 5 heteroatoms. The molecule has 0 spiro atoms. The van der Waals surface area contributed by atoms with Crippen molar-refractivity contribution in [3.8, 4) is 0 Å². The van der Waals surface area contributed by atoms with Gasteiger partial charge in [-0.25, -0.2) is 0 Å². The van der Waals surface area contributed by atoms with E-state index in [0.29, 0.717) is 0 Å². The average molecular weight is 232 g/mol. The van der Waals surface area contributed by atoms with E-state index in [1.165, 1.54) is 6.42 Å². The van der Waals surface area contributed by atoms with Crippen LogP contribution in [0.2, 0.25) is 0 Å². The normalized spacial score (nSPS) is 38.1. The van der Waals surface area contributed by atoms with Gasteiger partial charge in [0, 0.05) is 5.92 Å². The molecule has 2 aliphatic rings. The number of carbonyl (C=O) groups excluding carboxylic acids is 1. The first-order valence-corrected chi connectivity index (χ1v) is 7.13. The van der Waals surface area contributed by atoms with Gasteiger partial charge >= 0.3 is 7.60 Å². The SMILES string of the molecule is CC1COP(=O)(C(=O)C2CCCCC2)O1. The summed E-state index contributed by atoms with van der Waals surface area (Å²) in [6.45, 7) is 2.05. The molecule has 0 aromatic heterocycles. The molecule has 0 aromatic rings. The van der Waals surface area contributed by atoms with Gasteiger partial charge in [-0.05, 0) is 19.8 Å². The van der Waals surface area contributed by atoms with Crippen LogP contribution in [0, 0.1) is 5.92 Å². The quantitative estimate of drug-likeness (QED) is 0.687. The van der Waals surface area contributed by atoms with E-state index in [2.05, 4.69) is 0 Å². The van der Waals surface area contributed by atoms with Crippen molar-refractivity contribution in [2.75, 3.05) is 6.61 Å². The minimum absolute atomic E-state index is 0.102. The van der Waals surface area contributed by atoms with E-state index in [-0.39, 0.29) is 24.2 Å². The molecule has 2 fully saturated rings. The molecule has 15 heavy (non-hydrogen) atoms. The summed E-state index contributed by atoms with van der Waals surface area (Å²) in [6.07, 6.45) is 4.72. The van der Waals surface area contributed by atoms with Gasteiger partial charge in [0.25, 0.3) is 0 Å². The summed E-state index contributed by atoms with van der Waals surface area (Å²) >= 11 is 0. The lowest BCUT2D eigenvalue weighted by atomic mass is 9.90. The third-order valence-electron chi connectivity index (χ3n) is 3.02. The maximum atomic E-state index is 12.0. The van der Waals surface area contributed by atoms with Crippen LogP contribution in [0.3, 0.4) is 0 Å². The fourth-order valence-electron chi connectivity index (χ4n) is 2.19. The summed E-state index contributed by atoms with van der Waals surface area (Å²) in [5.41, 5.74) is -0.286. The third-order valence-corrected chi connectivity index (χ3v) is 5.05. The largest absolute Gasteiger partial charge is 0.397 e. The van der Waals surface area contributed by atoms with E-state index in [1.54, 1.807) is 6.92 Å². The van der Waals surface area contributed by atoms with Crippen LogP contribution in [0.1, 0.15) is 39.0 Å². The summed E-state index contributed by atoms with van der Waals surface area (Å²) < 4.78 is 22.2. The predicted octanol–water partition coefficient (Wildman–Crippen LogP) is 2.72. The molecule has 1 saturated heterocycles. The zero-order valence-electron chi connectivity index (χ0n) is 8.98. The number of hydrogen-bond acceptors (Lipinski definition) is 4. The predicted molar refractivity (Wildman–Crippen MR) is 55.7 cm³/mol. The van der Waals surface area contributed by atoms with Crippen LogP contribution in [0.4, 0.5) is 0 Å². The van der Waals surface area contributed by atoms with Crippen molar-refractivity contribution in [3.63, 3.8) is 0 Å².